The third kappa shape index (κ3) is 3.85. The third-order valence-electron chi connectivity index (χ3n) is 6.59. The molecule has 1 saturated heterocycles. The summed E-state index contributed by atoms with van der Waals surface area (Å²) in [6.07, 6.45) is 0.853. The lowest BCUT2D eigenvalue weighted by Crippen LogP contribution is -2.49. The maximum atomic E-state index is 13.7. The maximum absolute atomic E-state index is 13.7. The molecular formula is C24H21F3N4O4. The summed E-state index contributed by atoms with van der Waals surface area (Å²) in [7, 11) is 3.32. The summed E-state index contributed by atoms with van der Waals surface area (Å²) in [5.74, 6) is -0.353. The van der Waals surface area contributed by atoms with E-state index >= 15 is 0 Å². The molecule has 1 aromatic carbocycles. The largest absolute Gasteiger partial charge is 0.497 e. The molecule has 1 unspecified atom stereocenters. The van der Waals surface area contributed by atoms with Gasteiger partial charge in [-0.2, -0.15) is 13.2 Å². The Labute approximate surface area is 198 Å². The summed E-state index contributed by atoms with van der Waals surface area (Å²) in [6, 6.07) is 5.28. The molecule has 0 saturated carbocycles. The molecule has 5 rings (SSSR count). The number of aromatic nitrogens is 3. The number of aldehydes is 1. The summed E-state index contributed by atoms with van der Waals surface area (Å²) < 4.78 is 54.0. The Morgan fingerprint density at radius 1 is 1.29 bits per heavy atom. The van der Waals surface area contributed by atoms with Crippen LogP contribution in [0.5, 0.6) is 5.75 Å². The molecule has 0 spiro atoms. The maximum Gasteiger partial charge on any atom is 0.418 e. The van der Waals surface area contributed by atoms with Crippen molar-refractivity contribution in [1.29, 1.82) is 0 Å². The zero-order valence-electron chi connectivity index (χ0n) is 18.9. The number of ether oxygens (including phenoxy) is 2. The first-order valence-corrected chi connectivity index (χ1v) is 10.8. The number of hydrogen-bond donors (Lipinski definition) is 0. The highest BCUT2D eigenvalue weighted by Crippen LogP contribution is 2.45. The standard InChI is InChI=1S/C24H21F3N4O4/c1-30-13-28-29-21(30)8-23(11-35-12-23)16-4-15(5-17(6-16)34-2)18-7-20-19(24(25,26)27)3-14(10-32)9-31(20)22(18)33/h3-7,9-10,13,18H,8,11-12H2,1-2H3. The smallest absolute Gasteiger partial charge is 0.418 e. The molecular weight excluding hydrogens is 465 g/mol. The molecule has 3 aliphatic heterocycles. The van der Waals surface area contributed by atoms with Gasteiger partial charge in [0.25, 0.3) is 0 Å². The Morgan fingerprint density at radius 2 is 2.06 bits per heavy atom. The van der Waals surface area contributed by atoms with Gasteiger partial charge in [0.15, 0.2) is 6.29 Å². The molecule has 0 aliphatic carbocycles. The summed E-state index contributed by atoms with van der Waals surface area (Å²) in [4.78, 5) is 25.4. The van der Waals surface area contributed by atoms with E-state index in [1.807, 2.05) is 17.7 Å². The summed E-state index contributed by atoms with van der Waals surface area (Å²) in [5, 5.41) is 8.09. The van der Waals surface area contributed by atoms with Crippen LogP contribution in [-0.2, 0) is 33.2 Å². The van der Waals surface area contributed by atoms with E-state index < -0.39 is 29.0 Å². The Bertz CT molecular complexity index is 1300. The minimum Gasteiger partial charge on any atom is -0.497 e. The van der Waals surface area contributed by atoms with Crippen molar-refractivity contribution in [2.24, 2.45) is 7.05 Å². The van der Waals surface area contributed by atoms with Gasteiger partial charge in [-0.3, -0.25) is 14.5 Å². The molecule has 4 heterocycles. The quantitative estimate of drug-likeness (QED) is 0.584. The SMILES string of the molecule is COc1cc(C2C=C3C(C(F)(F)F)=CC(C=O)=CN3C2=O)cc(C2(Cc3nncn3C)COC2)c1. The van der Waals surface area contributed by atoms with Crippen LogP contribution in [0.25, 0.3) is 0 Å². The zero-order valence-corrected chi connectivity index (χ0v) is 18.9. The van der Waals surface area contributed by atoms with Gasteiger partial charge in [-0.15, -0.1) is 10.2 Å². The number of nitrogens with zero attached hydrogens (tertiary/aromatic N) is 4. The Hall–Kier alpha value is -3.73. The molecule has 0 N–H and O–H groups in total. The highest BCUT2D eigenvalue weighted by atomic mass is 19.4. The molecule has 11 heteroatoms. The van der Waals surface area contributed by atoms with Crippen LogP contribution in [0.2, 0.25) is 0 Å². The van der Waals surface area contributed by atoms with E-state index in [0.717, 1.165) is 28.6 Å². The first-order chi connectivity index (χ1) is 16.6. The highest BCUT2D eigenvalue weighted by molar-refractivity contribution is 5.95. The molecule has 8 nitrogen and oxygen atoms in total. The van der Waals surface area contributed by atoms with Crippen LogP contribution in [0.1, 0.15) is 22.9 Å². The molecule has 1 amide bonds. The van der Waals surface area contributed by atoms with Gasteiger partial charge in [0.2, 0.25) is 5.91 Å². The van der Waals surface area contributed by atoms with Gasteiger partial charge < -0.3 is 14.0 Å². The number of allylic oxidation sites excluding steroid dienone is 3. The van der Waals surface area contributed by atoms with Gasteiger partial charge >= 0.3 is 6.18 Å². The fourth-order valence-corrected chi connectivity index (χ4v) is 4.60. The predicted molar refractivity (Wildman–Crippen MR) is 116 cm³/mol. The number of rotatable bonds is 6. The van der Waals surface area contributed by atoms with Crippen molar-refractivity contribution in [2.75, 3.05) is 20.3 Å². The molecule has 1 aromatic heterocycles. The Kier molecular flexibility index (Phi) is 5.39. The lowest BCUT2D eigenvalue weighted by molar-refractivity contribution is -0.126. The number of alkyl halides is 3. The summed E-state index contributed by atoms with van der Waals surface area (Å²) >= 11 is 0. The summed E-state index contributed by atoms with van der Waals surface area (Å²) in [6.45, 7) is 0.815. The van der Waals surface area contributed by atoms with Crippen molar-refractivity contribution in [3.8, 4) is 5.75 Å². The van der Waals surface area contributed by atoms with Crippen molar-refractivity contribution in [2.45, 2.75) is 23.9 Å². The zero-order chi connectivity index (χ0) is 25.0. The summed E-state index contributed by atoms with van der Waals surface area (Å²) in [5.41, 5.74) is -0.696. The van der Waals surface area contributed by atoms with Gasteiger partial charge in [-0.1, -0.05) is 6.07 Å². The lowest BCUT2D eigenvalue weighted by atomic mass is 9.74. The number of halogens is 3. The van der Waals surface area contributed by atoms with E-state index in [4.69, 9.17) is 9.47 Å². The molecule has 1 fully saturated rings. The van der Waals surface area contributed by atoms with Crippen LogP contribution in [-0.4, -0.2) is 58.4 Å². The molecule has 0 radical (unpaired) electrons. The molecule has 182 valence electrons. The number of aryl methyl sites for hydroxylation is 1. The van der Waals surface area contributed by atoms with Crippen LogP contribution in [0.15, 0.2) is 59.7 Å². The number of amides is 1. The van der Waals surface area contributed by atoms with Gasteiger partial charge in [0, 0.05) is 30.7 Å². The average molecular weight is 486 g/mol. The van der Waals surface area contributed by atoms with Gasteiger partial charge in [-0.25, -0.2) is 0 Å². The van der Waals surface area contributed by atoms with Crippen molar-refractivity contribution in [3.63, 3.8) is 0 Å². The van der Waals surface area contributed by atoms with E-state index in [1.54, 1.807) is 18.5 Å². The van der Waals surface area contributed by atoms with E-state index in [-0.39, 0.29) is 11.3 Å². The van der Waals surface area contributed by atoms with Crippen LogP contribution < -0.4 is 4.74 Å². The fraction of sp³-hybridized carbons (Fsp3) is 0.333. The first kappa shape index (κ1) is 23.0. The van der Waals surface area contributed by atoms with E-state index in [0.29, 0.717) is 37.2 Å². The number of methoxy groups -OCH3 is 1. The van der Waals surface area contributed by atoms with E-state index in [1.165, 1.54) is 13.2 Å². The van der Waals surface area contributed by atoms with Crippen LogP contribution in [0.4, 0.5) is 13.2 Å². The van der Waals surface area contributed by atoms with Gasteiger partial charge in [0.1, 0.15) is 17.9 Å². The number of benzene rings is 1. The van der Waals surface area contributed by atoms with Crippen molar-refractivity contribution < 1.29 is 32.2 Å². The Balaban J connectivity index is 1.57. The Morgan fingerprint density at radius 3 is 2.63 bits per heavy atom. The van der Waals surface area contributed by atoms with Crippen LogP contribution >= 0.6 is 0 Å². The molecule has 3 aliphatic rings. The lowest BCUT2D eigenvalue weighted by Gasteiger charge is -2.42. The third-order valence-corrected chi connectivity index (χ3v) is 6.59. The second-order valence-corrected chi connectivity index (χ2v) is 8.84. The highest BCUT2D eigenvalue weighted by Gasteiger charge is 2.46. The van der Waals surface area contributed by atoms with Crippen molar-refractivity contribution >= 4 is 12.2 Å². The number of carbonyl (C=O) groups excluding carboxylic acids is 2. The monoisotopic (exact) mass is 486 g/mol. The molecule has 2 aromatic rings. The second-order valence-electron chi connectivity index (χ2n) is 8.84. The normalized spacial score (nSPS) is 21.1. The fourth-order valence-electron chi connectivity index (χ4n) is 4.60. The molecule has 0 bridgehead atoms. The van der Waals surface area contributed by atoms with Crippen molar-refractivity contribution in [1.82, 2.24) is 19.7 Å². The van der Waals surface area contributed by atoms with Gasteiger partial charge in [-0.05, 0) is 35.4 Å². The number of fused-ring (bicyclic) bond motifs is 1. The van der Waals surface area contributed by atoms with Crippen LogP contribution in [0.3, 0.4) is 0 Å². The van der Waals surface area contributed by atoms with Crippen molar-refractivity contribution in [3.05, 3.63) is 76.7 Å². The minimum absolute atomic E-state index is 0.232. The average Bonchev–Trinajstić information content (AvgIpc) is 3.36. The molecule has 35 heavy (non-hydrogen) atoms. The van der Waals surface area contributed by atoms with E-state index in [2.05, 4.69) is 10.2 Å². The first-order valence-electron chi connectivity index (χ1n) is 10.8. The van der Waals surface area contributed by atoms with Crippen LogP contribution in [0, 0.1) is 0 Å². The topological polar surface area (TPSA) is 86.5 Å². The molecule has 1 atom stereocenters. The van der Waals surface area contributed by atoms with E-state index in [9.17, 15) is 22.8 Å². The minimum atomic E-state index is -4.73. The number of carbonyl (C=O) groups is 2. The predicted octanol–water partition coefficient (Wildman–Crippen LogP) is 2.73. The van der Waals surface area contributed by atoms with Gasteiger partial charge in [0.05, 0.1) is 37.5 Å². The second kappa shape index (κ2) is 8.19. The number of hydrogen-bond acceptors (Lipinski definition) is 6.